The number of anilines is 1. The lowest BCUT2D eigenvalue weighted by atomic mass is 9.81. The maximum absolute atomic E-state index is 11.4. The number of rotatable bonds is 9. The van der Waals surface area contributed by atoms with E-state index in [1.807, 2.05) is 30.3 Å². The molecule has 4 N–H and O–H groups in total. The van der Waals surface area contributed by atoms with E-state index in [0.717, 1.165) is 30.4 Å². The summed E-state index contributed by atoms with van der Waals surface area (Å²) in [5, 5.41) is 20.3. The molecule has 198 valence electrons. The smallest absolute Gasteiger partial charge is 0.333 e. The molecule has 3 heterocycles. The highest BCUT2D eigenvalue weighted by Crippen LogP contribution is 2.50. The summed E-state index contributed by atoms with van der Waals surface area (Å²) >= 11 is 14.2. The molecule has 0 radical (unpaired) electrons. The summed E-state index contributed by atoms with van der Waals surface area (Å²) in [6, 6.07) is 9.44. The predicted octanol–water partition coefficient (Wildman–Crippen LogP) is 4.39. The number of aliphatic hydroxyl groups is 1. The van der Waals surface area contributed by atoms with Crippen LogP contribution in [0.1, 0.15) is 53.4 Å². The molecule has 0 bridgehead atoms. The minimum Gasteiger partial charge on any atom is -0.383 e. The second-order valence-electron chi connectivity index (χ2n) is 9.30. The van der Waals surface area contributed by atoms with Crippen LogP contribution in [0, 0.1) is 5.92 Å². The zero-order valence-corrected chi connectivity index (χ0v) is 22.8. The number of aromatic nitrogens is 2. The Morgan fingerprint density at radius 1 is 1.32 bits per heavy atom. The molecular formula is C24H26Cl2N4O5S2. The molecule has 1 aromatic carbocycles. The molecule has 5 rings (SSSR count). The van der Waals surface area contributed by atoms with Crippen molar-refractivity contribution in [1.82, 2.24) is 9.97 Å². The molecule has 0 spiro atoms. The Morgan fingerprint density at radius 2 is 2.14 bits per heavy atom. The van der Waals surface area contributed by atoms with Gasteiger partial charge in [-0.3, -0.25) is 4.18 Å². The van der Waals surface area contributed by atoms with Gasteiger partial charge in [-0.15, -0.1) is 11.3 Å². The van der Waals surface area contributed by atoms with Gasteiger partial charge in [-0.25, -0.2) is 15.1 Å². The minimum atomic E-state index is -3.97. The quantitative estimate of drug-likeness (QED) is 0.336. The summed E-state index contributed by atoms with van der Waals surface area (Å²) in [4.78, 5) is 9.13. The second kappa shape index (κ2) is 10.7. The van der Waals surface area contributed by atoms with E-state index < -0.39 is 22.0 Å². The van der Waals surface area contributed by atoms with Crippen molar-refractivity contribution in [3.8, 4) is 0 Å². The number of benzene rings is 1. The Hall–Kier alpha value is -1.83. The standard InChI is InChI=1S/C24H26Cl2N4O5S2/c25-16-3-1-2-15(9-16)24(6-7-34-24)19-10-20(36-22(19)26)21(31)18-11-28-13-29-23(18)30-17-5-4-14(8-17)12-35-37(27,32)33/h1-3,9-11,13-14,17,21,31H,4-8,12H2,(H2,27,32,33)(H,28,29,30)/t14-,17+,21-,24?/m1/s1. The summed E-state index contributed by atoms with van der Waals surface area (Å²) in [6.45, 7) is 0.644. The van der Waals surface area contributed by atoms with Gasteiger partial charge in [0.25, 0.3) is 0 Å². The topological polar surface area (TPSA) is 137 Å². The maximum Gasteiger partial charge on any atom is 0.333 e. The van der Waals surface area contributed by atoms with E-state index >= 15 is 0 Å². The average Bonchev–Trinajstić information content (AvgIpc) is 3.43. The van der Waals surface area contributed by atoms with Crippen LogP contribution in [-0.4, -0.2) is 42.7 Å². The Balaban J connectivity index is 1.35. The number of hydrogen-bond acceptors (Lipinski definition) is 9. The molecule has 9 nitrogen and oxygen atoms in total. The monoisotopic (exact) mass is 584 g/mol. The van der Waals surface area contributed by atoms with Gasteiger partial charge >= 0.3 is 10.3 Å². The Kier molecular flexibility index (Phi) is 7.77. The molecule has 1 saturated heterocycles. The highest BCUT2D eigenvalue weighted by atomic mass is 35.5. The van der Waals surface area contributed by atoms with E-state index in [0.29, 0.717) is 38.6 Å². The summed E-state index contributed by atoms with van der Waals surface area (Å²) in [6.07, 6.45) is 4.99. The number of hydrogen-bond donors (Lipinski definition) is 3. The van der Waals surface area contributed by atoms with Crippen molar-refractivity contribution < 1.29 is 22.4 Å². The van der Waals surface area contributed by atoms with Crippen LogP contribution in [0.5, 0.6) is 0 Å². The van der Waals surface area contributed by atoms with Crippen LogP contribution in [0.15, 0.2) is 42.9 Å². The van der Waals surface area contributed by atoms with E-state index in [-0.39, 0.29) is 18.6 Å². The van der Waals surface area contributed by atoms with Crippen LogP contribution in [-0.2, 0) is 24.8 Å². The van der Waals surface area contributed by atoms with Gasteiger partial charge in [0.2, 0.25) is 0 Å². The SMILES string of the molecule is NS(=O)(=O)OC[C@@H]1CC[C@H](Nc2ncncc2[C@@H](O)c2cc(C3(c4cccc(Cl)c4)CCO3)c(Cl)s2)C1. The van der Waals surface area contributed by atoms with Crippen molar-refractivity contribution >= 4 is 50.7 Å². The predicted molar refractivity (Wildman–Crippen MR) is 142 cm³/mol. The van der Waals surface area contributed by atoms with Crippen LogP contribution in [0.2, 0.25) is 9.36 Å². The molecule has 2 aromatic heterocycles. The number of nitrogens with one attached hydrogen (secondary N) is 1. The fourth-order valence-electron chi connectivity index (χ4n) is 4.99. The maximum atomic E-state index is 11.4. The van der Waals surface area contributed by atoms with E-state index in [4.69, 9.17) is 37.3 Å². The van der Waals surface area contributed by atoms with E-state index in [1.54, 1.807) is 6.20 Å². The molecule has 4 atom stereocenters. The number of thiophene rings is 1. The van der Waals surface area contributed by atoms with Crippen LogP contribution in [0.25, 0.3) is 0 Å². The van der Waals surface area contributed by atoms with Crippen LogP contribution in [0.3, 0.4) is 0 Å². The van der Waals surface area contributed by atoms with E-state index in [2.05, 4.69) is 15.3 Å². The van der Waals surface area contributed by atoms with Crippen molar-refractivity contribution in [3.63, 3.8) is 0 Å². The molecule has 2 aliphatic rings. The Labute approximate surface area is 229 Å². The van der Waals surface area contributed by atoms with Crippen molar-refractivity contribution in [2.45, 2.75) is 43.4 Å². The first-order chi connectivity index (χ1) is 17.6. The normalized spacial score (nSPS) is 24.5. The van der Waals surface area contributed by atoms with Gasteiger partial charge in [-0.2, -0.15) is 8.42 Å². The summed E-state index contributed by atoms with van der Waals surface area (Å²) in [5.74, 6) is 0.561. The minimum absolute atomic E-state index is 0.0342. The molecule has 13 heteroatoms. The zero-order chi connectivity index (χ0) is 26.2. The number of nitrogens with zero attached hydrogens (tertiary/aromatic N) is 2. The largest absolute Gasteiger partial charge is 0.383 e. The van der Waals surface area contributed by atoms with Gasteiger partial charge in [-0.1, -0.05) is 35.3 Å². The fourth-order valence-corrected chi connectivity index (χ4v) is 7.00. The number of aliphatic hydroxyl groups excluding tert-OH is 1. The second-order valence-corrected chi connectivity index (χ2v) is 12.6. The summed E-state index contributed by atoms with van der Waals surface area (Å²) in [5.41, 5.74) is 1.52. The van der Waals surface area contributed by atoms with E-state index in [9.17, 15) is 13.5 Å². The molecule has 37 heavy (non-hydrogen) atoms. The molecular weight excluding hydrogens is 559 g/mol. The highest BCUT2D eigenvalue weighted by molar-refractivity contribution is 7.84. The lowest BCUT2D eigenvalue weighted by molar-refractivity contribution is -0.123. The van der Waals surface area contributed by atoms with Crippen LogP contribution < -0.4 is 10.5 Å². The van der Waals surface area contributed by atoms with Crippen molar-refractivity contribution in [2.75, 3.05) is 18.5 Å². The van der Waals surface area contributed by atoms with Gasteiger partial charge in [0.1, 0.15) is 23.9 Å². The Morgan fingerprint density at radius 3 is 2.84 bits per heavy atom. The number of nitrogens with two attached hydrogens (primary N) is 1. The third-order valence-corrected chi connectivity index (χ3v) is 9.00. The first kappa shape index (κ1) is 26.8. The third kappa shape index (κ3) is 5.79. The van der Waals surface area contributed by atoms with Crippen molar-refractivity contribution in [1.29, 1.82) is 0 Å². The number of ether oxygens (including phenoxy) is 1. The van der Waals surface area contributed by atoms with Gasteiger partial charge in [0.05, 0.1) is 17.6 Å². The van der Waals surface area contributed by atoms with Gasteiger partial charge in [-0.05, 0) is 48.9 Å². The van der Waals surface area contributed by atoms with Crippen LogP contribution in [0.4, 0.5) is 5.82 Å². The molecule has 1 unspecified atom stereocenters. The summed E-state index contributed by atoms with van der Waals surface area (Å²) in [7, 11) is -3.97. The highest BCUT2D eigenvalue weighted by Gasteiger charge is 2.45. The van der Waals surface area contributed by atoms with Crippen molar-refractivity contribution in [3.05, 3.63) is 73.8 Å². The van der Waals surface area contributed by atoms with Gasteiger partial charge in [0, 0.05) is 39.7 Å². The van der Waals surface area contributed by atoms with Gasteiger partial charge < -0.3 is 15.2 Å². The first-order valence-corrected chi connectivity index (χ1v) is 14.8. The fraction of sp³-hybridized carbons (Fsp3) is 0.417. The average molecular weight is 586 g/mol. The number of halogens is 2. The molecule has 2 fully saturated rings. The molecule has 3 aromatic rings. The lowest BCUT2D eigenvalue weighted by Crippen LogP contribution is -2.41. The molecule has 0 amide bonds. The zero-order valence-electron chi connectivity index (χ0n) is 19.6. The van der Waals surface area contributed by atoms with E-state index in [1.165, 1.54) is 17.7 Å². The van der Waals surface area contributed by atoms with Gasteiger partial charge in [0.15, 0.2) is 0 Å². The molecule has 1 aliphatic heterocycles. The third-order valence-electron chi connectivity index (χ3n) is 6.89. The van der Waals surface area contributed by atoms with Crippen LogP contribution >= 0.6 is 34.5 Å². The molecule has 1 aliphatic carbocycles. The molecule has 1 saturated carbocycles. The Bertz CT molecular complexity index is 1380. The van der Waals surface area contributed by atoms with Crippen molar-refractivity contribution in [2.24, 2.45) is 11.1 Å². The summed E-state index contributed by atoms with van der Waals surface area (Å²) < 4.78 is 33.6. The lowest BCUT2D eigenvalue weighted by Gasteiger charge is -2.42. The first-order valence-electron chi connectivity index (χ1n) is 11.8.